The molecule has 0 spiro atoms. The van der Waals surface area contributed by atoms with Gasteiger partial charge in [0.25, 0.3) is 5.82 Å². The van der Waals surface area contributed by atoms with Crippen molar-refractivity contribution >= 4 is 32.8 Å². The third-order valence-electron chi connectivity index (χ3n) is 1.88. The van der Waals surface area contributed by atoms with Gasteiger partial charge in [0.2, 0.25) is 5.65 Å². The molecule has 0 saturated heterocycles. The molecule has 0 aliphatic carbocycles. The van der Waals surface area contributed by atoms with Crippen molar-refractivity contribution in [3.05, 3.63) is 34.2 Å². The maximum Gasteiger partial charge on any atom is 0.286 e. The van der Waals surface area contributed by atoms with Crippen LogP contribution in [-0.4, -0.2) is 9.55 Å². The molecule has 0 N–H and O–H groups in total. The first-order chi connectivity index (χ1) is 6.22. The number of fused-ring (bicyclic) bond motifs is 1. The molecular weight excluding hydrogens is 230 g/mol. The highest BCUT2D eigenvalue weighted by molar-refractivity contribution is 9.10. The molecule has 2 aromatic rings. The van der Waals surface area contributed by atoms with E-state index in [1.165, 1.54) is 0 Å². The third kappa shape index (κ3) is 1.21. The normalized spacial score (nSPS) is 10.2. The van der Waals surface area contributed by atoms with Crippen LogP contribution in [0, 0.1) is 6.57 Å². The summed E-state index contributed by atoms with van der Waals surface area (Å²) in [6.45, 7) is 6.91. The average Bonchev–Trinajstić information content (AvgIpc) is 2.46. The number of pyridine rings is 1. The highest BCUT2D eigenvalue weighted by Crippen LogP contribution is 2.27. The Hall–Kier alpha value is -1.34. The van der Waals surface area contributed by atoms with Crippen LogP contribution in [0.2, 0.25) is 0 Å². The number of aromatic nitrogens is 2. The van der Waals surface area contributed by atoms with Crippen LogP contribution < -0.4 is 0 Å². The van der Waals surface area contributed by atoms with Crippen molar-refractivity contribution in [2.24, 2.45) is 7.05 Å². The molecule has 13 heavy (non-hydrogen) atoms. The molecule has 0 unspecified atom stereocenters. The van der Waals surface area contributed by atoms with Crippen LogP contribution in [0.15, 0.2) is 22.8 Å². The number of hydrogen-bond acceptors (Lipinski definition) is 1. The first kappa shape index (κ1) is 8.27. The first-order valence-electron chi connectivity index (χ1n) is 3.71. The van der Waals surface area contributed by atoms with Gasteiger partial charge in [-0.2, -0.15) is 0 Å². The molecule has 2 heterocycles. The number of rotatable bonds is 0. The maximum absolute atomic E-state index is 6.91. The zero-order valence-corrected chi connectivity index (χ0v) is 8.54. The lowest BCUT2D eigenvalue weighted by molar-refractivity contribution is 0.950. The van der Waals surface area contributed by atoms with Gasteiger partial charge in [-0.1, -0.05) is 22.5 Å². The van der Waals surface area contributed by atoms with Gasteiger partial charge in [-0.15, -0.1) is 4.98 Å². The fourth-order valence-electron chi connectivity index (χ4n) is 1.23. The quantitative estimate of drug-likeness (QED) is 0.644. The highest BCUT2D eigenvalue weighted by Gasteiger charge is 2.08. The highest BCUT2D eigenvalue weighted by atomic mass is 79.9. The molecule has 0 saturated carbocycles. The van der Waals surface area contributed by atoms with Crippen molar-refractivity contribution in [1.29, 1.82) is 0 Å². The zero-order chi connectivity index (χ0) is 9.42. The molecule has 4 heteroatoms. The lowest BCUT2D eigenvalue weighted by Crippen LogP contribution is -1.87. The molecule has 0 aliphatic heterocycles. The van der Waals surface area contributed by atoms with Crippen LogP contribution in [0.1, 0.15) is 0 Å². The Kier molecular flexibility index (Phi) is 1.82. The van der Waals surface area contributed by atoms with Gasteiger partial charge >= 0.3 is 0 Å². The first-order valence-corrected chi connectivity index (χ1v) is 4.50. The van der Waals surface area contributed by atoms with Gasteiger partial charge in [0.15, 0.2) is 0 Å². The predicted molar refractivity (Wildman–Crippen MR) is 54.7 cm³/mol. The topological polar surface area (TPSA) is 22.2 Å². The minimum absolute atomic E-state index is 0.411. The molecule has 3 nitrogen and oxygen atoms in total. The van der Waals surface area contributed by atoms with E-state index >= 15 is 0 Å². The van der Waals surface area contributed by atoms with E-state index in [2.05, 4.69) is 25.8 Å². The minimum atomic E-state index is 0.411. The Balaban J connectivity index is 2.86. The van der Waals surface area contributed by atoms with Crippen LogP contribution in [0.4, 0.5) is 5.82 Å². The van der Waals surface area contributed by atoms with Crippen molar-refractivity contribution in [3.8, 4) is 0 Å². The molecule has 2 aromatic heterocycles. The van der Waals surface area contributed by atoms with E-state index in [0.29, 0.717) is 5.82 Å². The van der Waals surface area contributed by atoms with E-state index in [9.17, 15) is 0 Å². The number of aryl methyl sites for hydroxylation is 1. The summed E-state index contributed by atoms with van der Waals surface area (Å²) in [6, 6.07) is 3.89. The predicted octanol–water partition coefficient (Wildman–Crippen LogP) is 2.89. The van der Waals surface area contributed by atoms with Crippen LogP contribution in [0.3, 0.4) is 0 Å². The molecular formula is C9H6BrN3. The largest absolute Gasteiger partial charge is 0.360 e. The Morgan fingerprint density at radius 1 is 1.62 bits per heavy atom. The van der Waals surface area contributed by atoms with Gasteiger partial charge in [0.1, 0.15) is 0 Å². The molecule has 0 aliphatic rings. The van der Waals surface area contributed by atoms with E-state index < -0.39 is 0 Å². The number of nitrogens with zero attached hydrogens (tertiary/aromatic N) is 3. The fourth-order valence-corrected chi connectivity index (χ4v) is 1.65. The van der Waals surface area contributed by atoms with Gasteiger partial charge in [-0.25, -0.2) is 0 Å². The summed E-state index contributed by atoms with van der Waals surface area (Å²) >= 11 is 3.30. The summed E-state index contributed by atoms with van der Waals surface area (Å²) in [5.41, 5.74) is 0.842. The average molecular weight is 236 g/mol. The molecule has 0 aromatic carbocycles. The molecule has 0 fully saturated rings. The van der Waals surface area contributed by atoms with Crippen molar-refractivity contribution in [3.63, 3.8) is 0 Å². The van der Waals surface area contributed by atoms with Crippen LogP contribution in [0.5, 0.6) is 0 Å². The van der Waals surface area contributed by atoms with Gasteiger partial charge in [-0.05, 0) is 12.1 Å². The van der Waals surface area contributed by atoms with Gasteiger partial charge in [0.05, 0.1) is 0 Å². The lowest BCUT2D eigenvalue weighted by atomic mass is 10.3. The Labute approximate surface area is 84.0 Å². The molecule has 2 rings (SSSR count). The summed E-state index contributed by atoms with van der Waals surface area (Å²) in [5.74, 6) is 0.411. The van der Waals surface area contributed by atoms with Crippen LogP contribution in [-0.2, 0) is 7.05 Å². The van der Waals surface area contributed by atoms with Crippen molar-refractivity contribution in [2.75, 3.05) is 0 Å². The van der Waals surface area contributed by atoms with E-state index in [-0.39, 0.29) is 0 Å². The van der Waals surface area contributed by atoms with Crippen LogP contribution in [0.25, 0.3) is 15.9 Å². The Morgan fingerprint density at radius 2 is 2.38 bits per heavy atom. The second-order valence-corrected chi connectivity index (χ2v) is 3.60. The summed E-state index contributed by atoms with van der Waals surface area (Å²) in [6.07, 6.45) is 1.93. The minimum Gasteiger partial charge on any atom is -0.360 e. The van der Waals surface area contributed by atoms with Gasteiger partial charge in [-0.3, -0.25) is 0 Å². The SMILES string of the molecule is [C-]#[N+]c1nc2c(ccn2C)cc1Br. The van der Waals surface area contributed by atoms with Gasteiger partial charge in [0, 0.05) is 23.1 Å². The fraction of sp³-hybridized carbons (Fsp3) is 0.111. The van der Waals surface area contributed by atoms with Gasteiger partial charge < -0.3 is 9.41 Å². The third-order valence-corrected chi connectivity index (χ3v) is 2.47. The second kappa shape index (κ2) is 2.86. The number of hydrogen-bond donors (Lipinski definition) is 0. The lowest BCUT2D eigenvalue weighted by Gasteiger charge is -1.95. The van der Waals surface area contributed by atoms with Crippen molar-refractivity contribution < 1.29 is 0 Å². The standard InChI is InChI=1S/C9H6BrN3/c1-11-8-7(10)5-6-3-4-13(2)9(6)12-8/h3-5H,2H3. The van der Waals surface area contributed by atoms with Crippen LogP contribution >= 0.6 is 15.9 Å². The molecule has 0 radical (unpaired) electrons. The second-order valence-electron chi connectivity index (χ2n) is 2.75. The Bertz CT molecular complexity index is 507. The Morgan fingerprint density at radius 3 is 3.08 bits per heavy atom. The monoisotopic (exact) mass is 235 g/mol. The zero-order valence-electron chi connectivity index (χ0n) is 6.95. The molecule has 0 amide bonds. The summed E-state index contributed by atoms with van der Waals surface area (Å²) in [5, 5.41) is 1.04. The molecule has 0 bridgehead atoms. The molecule has 64 valence electrons. The number of halogens is 1. The summed E-state index contributed by atoms with van der Waals surface area (Å²) in [4.78, 5) is 7.53. The van der Waals surface area contributed by atoms with E-state index in [1.54, 1.807) is 0 Å². The van der Waals surface area contributed by atoms with E-state index in [4.69, 9.17) is 6.57 Å². The summed E-state index contributed by atoms with van der Waals surface area (Å²) in [7, 11) is 1.91. The van der Waals surface area contributed by atoms with Crippen molar-refractivity contribution in [2.45, 2.75) is 0 Å². The smallest absolute Gasteiger partial charge is 0.286 e. The summed E-state index contributed by atoms with van der Waals surface area (Å²) < 4.78 is 2.65. The molecule has 0 atom stereocenters. The maximum atomic E-state index is 6.91. The van der Waals surface area contributed by atoms with Crippen molar-refractivity contribution in [1.82, 2.24) is 9.55 Å². The van der Waals surface area contributed by atoms with E-state index in [0.717, 1.165) is 15.5 Å². The van der Waals surface area contributed by atoms with E-state index in [1.807, 2.05) is 29.9 Å².